The molecule has 0 fully saturated rings. The summed E-state index contributed by atoms with van der Waals surface area (Å²) in [5, 5.41) is 23.1. The first kappa shape index (κ1) is 18.7. The van der Waals surface area contributed by atoms with Crippen LogP contribution in [0.2, 0.25) is 0 Å². The summed E-state index contributed by atoms with van der Waals surface area (Å²) in [6.45, 7) is 1.45. The highest BCUT2D eigenvalue weighted by Gasteiger charge is 2.18. The third kappa shape index (κ3) is 4.62. The molecule has 1 aliphatic rings. The summed E-state index contributed by atoms with van der Waals surface area (Å²) in [5.41, 5.74) is 3.12. The molecule has 2 N–H and O–H groups in total. The summed E-state index contributed by atoms with van der Waals surface area (Å²) < 4.78 is 1.78. The first-order valence-corrected chi connectivity index (χ1v) is 9.95. The Labute approximate surface area is 172 Å². The van der Waals surface area contributed by atoms with Crippen molar-refractivity contribution in [2.24, 2.45) is 0 Å². The van der Waals surface area contributed by atoms with Crippen molar-refractivity contribution < 1.29 is 0 Å². The molecule has 0 bridgehead atoms. The molecule has 0 unspecified atom stereocenters. The van der Waals surface area contributed by atoms with Crippen molar-refractivity contribution in [3.05, 3.63) is 76.9 Å². The molecule has 0 aliphatic carbocycles. The molecular formula is C20H18N8S. The summed E-state index contributed by atoms with van der Waals surface area (Å²) in [6.07, 6.45) is 5.71. The van der Waals surface area contributed by atoms with Gasteiger partial charge in [-0.1, -0.05) is 42.1 Å². The number of nitrogens with one attached hydrogen (secondary N) is 2. The lowest BCUT2D eigenvalue weighted by Gasteiger charge is -2.09. The van der Waals surface area contributed by atoms with Crippen molar-refractivity contribution >= 4 is 29.0 Å². The molecule has 9 heteroatoms. The Bertz CT molecular complexity index is 1070. The fourth-order valence-corrected chi connectivity index (χ4v) is 3.64. The first-order valence-electron chi connectivity index (χ1n) is 9.07. The van der Waals surface area contributed by atoms with Gasteiger partial charge in [0, 0.05) is 24.7 Å². The predicted octanol–water partition coefficient (Wildman–Crippen LogP) is 3.10. The zero-order valence-electron chi connectivity index (χ0n) is 15.5. The molecule has 0 atom stereocenters. The number of nitrogens with zero attached hydrogens (tertiary/aromatic N) is 6. The number of thioether (sulfide) groups is 1. The number of anilines is 1. The van der Waals surface area contributed by atoms with E-state index >= 15 is 0 Å². The van der Waals surface area contributed by atoms with E-state index in [0.717, 1.165) is 29.3 Å². The molecule has 8 nitrogen and oxygen atoms in total. The number of aryl methyl sites for hydroxylation is 1. The largest absolute Gasteiger partial charge is 0.354 e. The summed E-state index contributed by atoms with van der Waals surface area (Å²) >= 11 is 1.49. The van der Waals surface area contributed by atoms with Crippen LogP contribution < -0.4 is 10.6 Å². The van der Waals surface area contributed by atoms with Crippen molar-refractivity contribution in [2.75, 3.05) is 11.9 Å². The average Bonchev–Trinajstić information content (AvgIpc) is 3.45. The zero-order valence-corrected chi connectivity index (χ0v) is 16.3. The molecule has 0 saturated heterocycles. The minimum absolute atomic E-state index is 0.491. The summed E-state index contributed by atoms with van der Waals surface area (Å²) in [6, 6.07) is 14.0. The van der Waals surface area contributed by atoms with Crippen molar-refractivity contribution in [2.45, 2.75) is 13.0 Å². The summed E-state index contributed by atoms with van der Waals surface area (Å²) in [7, 11) is 0. The molecule has 1 aromatic carbocycles. The number of hydrogen-bond acceptors (Lipinski definition) is 8. The van der Waals surface area contributed by atoms with Gasteiger partial charge in [-0.15, -0.1) is 0 Å². The molecule has 0 spiro atoms. The van der Waals surface area contributed by atoms with Crippen molar-refractivity contribution in [3.63, 3.8) is 0 Å². The first-order chi connectivity index (χ1) is 14.3. The molecule has 29 heavy (non-hydrogen) atoms. The van der Waals surface area contributed by atoms with E-state index in [1.165, 1.54) is 18.1 Å². The van der Waals surface area contributed by atoms with E-state index < -0.39 is 0 Å². The van der Waals surface area contributed by atoms with Gasteiger partial charge < -0.3 is 10.6 Å². The Morgan fingerprint density at radius 1 is 1.24 bits per heavy atom. The molecule has 0 amide bonds. The Morgan fingerprint density at radius 2 is 2.14 bits per heavy atom. The van der Waals surface area contributed by atoms with E-state index in [2.05, 4.69) is 36.8 Å². The average molecular weight is 402 g/mol. The third-order valence-electron chi connectivity index (χ3n) is 4.19. The number of aromatic nitrogens is 5. The van der Waals surface area contributed by atoms with E-state index in [1.54, 1.807) is 23.3 Å². The van der Waals surface area contributed by atoms with Crippen LogP contribution in [0.4, 0.5) is 5.95 Å². The van der Waals surface area contributed by atoms with Crippen molar-refractivity contribution in [3.8, 4) is 6.07 Å². The highest BCUT2D eigenvalue weighted by atomic mass is 32.2. The number of benzene rings is 1. The highest BCUT2D eigenvalue weighted by molar-refractivity contribution is 8.06. The number of allylic oxidation sites excluding steroid dienone is 1. The van der Waals surface area contributed by atoms with Gasteiger partial charge in [-0.25, -0.2) is 15.0 Å². The number of hydrogen-bond donors (Lipinski definition) is 2. The van der Waals surface area contributed by atoms with Crippen LogP contribution in [-0.4, -0.2) is 31.3 Å². The lowest BCUT2D eigenvalue weighted by molar-refractivity contribution is 0.589. The Kier molecular flexibility index (Phi) is 5.83. The smallest absolute Gasteiger partial charge is 0.223 e. The van der Waals surface area contributed by atoms with E-state index in [0.29, 0.717) is 23.8 Å². The van der Waals surface area contributed by atoms with Crippen LogP contribution >= 0.6 is 11.8 Å². The minimum atomic E-state index is 0.491. The lowest BCUT2D eigenvalue weighted by Crippen LogP contribution is -2.10. The van der Waals surface area contributed by atoms with Gasteiger partial charge in [0.2, 0.25) is 5.95 Å². The fourth-order valence-electron chi connectivity index (χ4n) is 2.78. The molecule has 4 rings (SSSR count). The minimum Gasteiger partial charge on any atom is -0.354 e. The predicted molar refractivity (Wildman–Crippen MR) is 113 cm³/mol. The Hall–Kier alpha value is -3.64. The van der Waals surface area contributed by atoms with Gasteiger partial charge in [-0.05, 0) is 18.1 Å². The fraction of sp³-hybridized carbons (Fsp3) is 0.150. The van der Waals surface area contributed by atoms with Crippen molar-refractivity contribution in [1.29, 1.82) is 5.26 Å². The van der Waals surface area contributed by atoms with Gasteiger partial charge in [0.15, 0.2) is 0 Å². The second kappa shape index (κ2) is 9.03. The topological polar surface area (TPSA) is 104 Å². The van der Waals surface area contributed by atoms with Crippen LogP contribution in [0.5, 0.6) is 0 Å². The molecule has 3 heterocycles. The lowest BCUT2D eigenvalue weighted by atomic mass is 10.1. The van der Waals surface area contributed by atoms with E-state index in [-0.39, 0.29) is 0 Å². The van der Waals surface area contributed by atoms with Gasteiger partial charge >= 0.3 is 0 Å². The quantitative estimate of drug-likeness (QED) is 0.459. The molecule has 2 aromatic heterocycles. The van der Waals surface area contributed by atoms with Gasteiger partial charge in [0.25, 0.3) is 0 Å². The summed E-state index contributed by atoms with van der Waals surface area (Å²) in [5.74, 6) is 0.494. The molecule has 1 aliphatic heterocycles. The van der Waals surface area contributed by atoms with Crippen LogP contribution in [0.3, 0.4) is 0 Å². The maximum absolute atomic E-state index is 9.73. The molecule has 3 aromatic rings. The number of nitriles is 1. The molecular weight excluding hydrogens is 384 g/mol. The van der Waals surface area contributed by atoms with Gasteiger partial charge in [-0.3, -0.25) is 4.68 Å². The SMILES string of the molecule is N#C/C(=C1/NC(c2ccccc2)=CS1)c1ccnc(NCCCn2cncn2)n1. The monoisotopic (exact) mass is 402 g/mol. The maximum Gasteiger partial charge on any atom is 0.223 e. The van der Waals surface area contributed by atoms with E-state index in [9.17, 15) is 5.26 Å². The van der Waals surface area contributed by atoms with Gasteiger partial charge in [0.1, 0.15) is 24.3 Å². The van der Waals surface area contributed by atoms with Crippen LogP contribution in [-0.2, 0) is 6.54 Å². The second-order valence-electron chi connectivity index (χ2n) is 6.16. The maximum atomic E-state index is 9.73. The van der Waals surface area contributed by atoms with Gasteiger partial charge in [0.05, 0.1) is 16.4 Å². The second-order valence-corrected chi connectivity index (χ2v) is 7.04. The normalized spacial score (nSPS) is 14.7. The van der Waals surface area contributed by atoms with E-state index in [1.807, 2.05) is 35.7 Å². The molecule has 0 saturated carbocycles. The standard InChI is InChI=1S/C20H18N8S/c21-11-16(19-26-18(12-29-19)15-5-2-1-3-6-15)17-7-9-24-20(27-17)23-8-4-10-28-14-22-13-25-28/h1-3,5-7,9,12-14,26H,4,8,10H2,(H,23,24,27)/b19-16+. The van der Waals surface area contributed by atoms with Crippen LogP contribution in [0, 0.1) is 11.3 Å². The third-order valence-corrected chi connectivity index (χ3v) is 5.09. The van der Waals surface area contributed by atoms with Crippen LogP contribution in [0.15, 0.2) is 65.7 Å². The van der Waals surface area contributed by atoms with E-state index in [4.69, 9.17) is 0 Å². The molecule has 144 valence electrons. The number of rotatable bonds is 7. The van der Waals surface area contributed by atoms with Gasteiger partial charge in [-0.2, -0.15) is 10.4 Å². The Morgan fingerprint density at radius 3 is 2.93 bits per heavy atom. The Balaban J connectivity index is 1.42. The zero-order chi connectivity index (χ0) is 19.9. The van der Waals surface area contributed by atoms with Crippen LogP contribution in [0.25, 0.3) is 11.3 Å². The molecule has 0 radical (unpaired) electrons. The van der Waals surface area contributed by atoms with Crippen LogP contribution in [0.1, 0.15) is 17.7 Å². The summed E-state index contributed by atoms with van der Waals surface area (Å²) in [4.78, 5) is 12.7. The highest BCUT2D eigenvalue weighted by Crippen LogP contribution is 2.34. The van der Waals surface area contributed by atoms with Crippen molar-refractivity contribution in [1.82, 2.24) is 30.0 Å².